The Bertz CT molecular complexity index is 583. The molecule has 0 atom stereocenters. The summed E-state index contributed by atoms with van der Waals surface area (Å²) in [5, 5.41) is 8.01. The van der Waals surface area contributed by atoms with E-state index in [1.807, 2.05) is 36.6 Å². The fraction of sp³-hybridized carbons (Fsp3) is 0.286. The van der Waals surface area contributed by atoms with Crippen molar-refractivity contribution in [2.45, 2.75) is 13.3 Å². The fourth-order valence-corrected chi connectivity index (χ4v) is 2.38. The molecule has 106 valence electrons. The highest BCUT2D eigenvalue weighted by Crippen LogP contribution is 2.14. The lowest BCUT2D eigenvalue weighted by atomic mass is 10.1. The van der Waals surface area contributed by atoms with Crippen LogP contribution in [0.5, 0.6) is 5.75 Å². The molecule has 0 saturated heterocycles. The van der Waals surface area contributed by atoms with Crippen LogP contribution in [0.4, 0.5) is 9.93 Å². The molecule has 2 rings (SSSR count). The van der Waals surface area contributed by atoms with Gasteiger partial charge in [0.25, 0.3) is 0 Å². The quantitative estimate of drug-likeness (QED) is 0.890. The molecule has 0 saturated carbocycles. The average molecular weight is 291 g/mol. The Kier molecular flexibility index (Phi) is 4.95. The van der Waals surface area contributed by atoms with Crippen LogP contribution in [0, 0.1) is 6.92 Å². The van der Waals surface area contributed by atoms with Gasteiger partial charge in [0, 0.05) is 11.9 Å². The molecule has 20 heavy (non-hydrogen) atoms. The number of benzene rings is 1. The number of nitrogens with zero attached hydrogens (tertiary/aromatic N) is 1. The Morgan fingerprint density at radius 3 is 3.00 bits per heavy atom. The Morgan fingerprint density at radius 2 is 2.30 bits per heavy atom. The smallest absolute Gasteiger partial charge is 0.321 e. The van der Waals surface area contributed by atoms with Gasteiger partial charge in [-0.25, -0.2) is 9.78 Å². The number of urea groups is 1. The van der Waals surface area contributed by atoms with Crippen molar-refractivity contribution >= 4 is 22.5 Å². The molecular weight excluding hydrogens is 274 g/mol. The topological polar surface area (TPSA) is 63.2 Å². The van der Waals surface area contributed by atoms with E-state index in [1.165, 1.54) is 11.3 Å². The highest BCUT2D eigenvalue weighted by atomic mass is 32.1. The SMILES string of the molecule is COc1cccc(CCNC(=O)Nc2nc(C)cs2)c1. The molecule has 5 nitrogen and oxygen atoms in total. The van der Waals surface area contributed by atoms with Crippen molar-refractivity contribution in [1.29, 1.82) is 0 Å². The predicted molar refractivity (Wildman–Crippen MR) is 80.6 cm³/mol. The summed E-state index contributed by atoms with van der Waals surface area (Å²) in [4.78, 5) is 15.8. The molecule has 1 aromatic heterocycles. The normalized spacial score (nSPS) is 10.1. The number of aromatic nitrogens is 1. The van der Waals surface area contributed by atoms with Crippen molar-refractivity contribution in [3.63, 3.8) is 0 Å². The second kappa shape index (κ2) is 6.91. The average Bonchev–Trinajstić information content (AvgIpc) is 2.84. The van der Waals surface area contributed by atoms with Crippen molar-refractivity contribution in [2.75, 3.05) is 19.0 Å². The van der Waals surface area contributed by atoms with Crippen molar-refractivity contribution in [3.8, 4) is 5.75 Å². The molecule has 6 heteroatoms. The van der Waals surface area contributed by atoms with E-state index in [9.17, 15) is 4.79 Å². The van der Waals surface area contributed by atoms with Crippen LogP contribution in [0.2, 0.25) is 0 Å². The molecule has 0 radical (unpaired) electrons. The second-order valence-electron chi connectivity index (χ2n) is 4.28. The summed E-state index contributed by atoms with van der Waals surface area (Å²) in [6.07, 6.45) is 0.752. The molecule has 1 aromatic carbocycles. The van der Waals surface area contributed by atoms with E-state index in [0.29, 0.717) is 11.7 Å². The summed E-state index contributed by atoms with van der Waals surface area (Å²) in [5.41, 5.74) is 2.02. The number of aryl methyl sites for hydroxylation is 1. The van der Waals surface area contributed by atoms with Gasteiger partial charge in [0.15, 0.2) is 5.13 Å². The second-order valence-corrected chi connectivity index (χ2v) is 5.13. The van der Waals surface area contributed by atoms with Gasteiger partial charge in [-0.05, 0) is 31.0 Å². The lowest BCUT2D eigenvalue weighted by molar-refractivity contribution is 0.252. The first kappa shape index (κ1) is 14.3. The lowest BCUT2D eigenvalue weighted by Gasteiger charge is -2.06. The van der Waals surface area contributed by atoms with Crippen LogP contribution in [0.3, 0.4) is 0 Å². The maximum Gasteiger partial charge on any atom is 0.321 e. The fourth-order valence-electron chi connectivity index (χ4n) is 1.70. The number of anilines is 1. The highest BCUT2D eigenvalue weighted by Gasteiger charge is 2.04. The largest absolute Gasteiger partial charge is 0.497 e. The van der Waals surface area contributed by atoms with Crippen molar-refractivity contribution in [1.82, 2.24) is 10.3 Å². The standard InChI is InChI=1S/C14H17N3O2S/c1-10-9-20-14(16-10)17-13(18)15-7-6-11-4-3-5-12(8-11)19-2/h3-5,8-9H,6-7H2,1-2H3,(H2,15,16,17,18). The Labute approximate surface area is 122 Å². The number of nitrogens with one attached hydrogen (secondary N) is 2. The molecule has 0 spiro atoms. The maximum atomic E-state index is 11.7. The van der Waals surface area contributed by atoms with Crippen LogP contribution in [-0.2, 0) is 6.42 Å². The molecule has 2 N–H and O–H groups in total. The summed E-state index contributed by atoms with van der Waals surface area (Å²) < 4.78 is 5.16. The molecule has 0 bridgehead atoms. The molecule has 0 aliphatic carbocycles. The number of carbonyl (C=O) groups is 1. The van der Waals surface area contributed by atoms with E-state index < -0.39 is 0 Å². The van der Waals surface area contributed by atoms with Crippen LogP contribution in [0.15, 0.2) is 29.6 Å². The highest BCUT2D eigenvalue weighted by molar-refractivity contribution is 7.13. The van der Waals surface area contributed by atoms with Gasteiger partial charge in [0.05, 0.1) is 12.8 Å². The summed E-state index contributed by atoms with van der Waals surface area (Å²) >= 11 is 1.41. The van der Waals surface area contributed by atoms with E-state index in [2.05, 4.69) is 15.6 Å². The van der Waals surface area contributed by atoms with Gasteiger partial charge in [0.1, 0.15) is 5.75 Å². The van der Waals surface area contributed by atoms with Crippen molar-refractivity contribution < 1.29 is 9.53 Å². The number of hydrogen-bond donors (Lipinski definition) is 2. The molecule has 2 aromatic rings. The minimum absolute atomic E-state index is 0.234. The molecule has 2 amide bonds. The van der Waals surface area contributed by atoms with Gasteiger partial charge in [-0.15, -0.1) is 11.3 Å². The van der Waals surface area contributed by atoms with Gasteiger partial charge in [0.2, 0.25) is 0 Å². The Hall–Kier alpha value is -2.08. The van der Waals surface area contributed by atoms with Crippen molar-refractivity contribution in [3.05, 3.63) is 40.9 Å². The zero-order valence-electron chi connectivity index (χ0n) is 11.5. The number of amides is 2. The molecule has 0 fully saturated rings. The number of rotatable bonds is 5. The number of hydrogen-bond acceptors (Lipinski definition) is 4. The van der Waals surface area contributed by atoms with Crippen LogP contribution in [0.25, 0.3) is 0 Å². The van der Waals surface area contributed by atoms with Crippen molar-refractivity contribution in [2.24, 2.45) is 0 Å². The molecule has 1 heterocycles. The Balaban J connectivity index is 1.76. The van der Waals surface area contributed by atoms with Crippen LogP contribution >= 0.6 is 11.3 Å². The molecular formula is C14H17N3O2S. The van der Waals surface area contributed by atoms with Crippen LogP contribution in [-0.4, -0.2) is 24.7 Å². The van der Waals surface area contributed by atoms with E-state index in [-0.39, 0.29) is 6.03 Å². The summed E-state index contributed by atoms with van der Waals surface area (Å²) in [6.45, 7) is 2.45. The summed E-state index contributed by atoms with van der Waals surface area (Å²) in [7, 11) is 1.64. The number of methoxy groups -OCH3 is 1. The summed E-state index contributed by atoms with van der Waals surface area (Å²) in [6, 6.07) is 7.57. The first-order valence-corrected chi connectivity index (χ1v) is 7.15. The van der Waals surface area contributed by atoms with Gasteiger partial charge >= 0.3 is 6.03 Å². The monoisotopic (exact) mass is 291 g/mol. The van der Waals surface area contributed by atoms with E-state index in [0.717, 1.165) is 23.4 Å². The van der Waals surface area contributed by atoms with Crippen LogP contribution in [0.1, 0.15) is 11.3 Å². The van der Waals surface area contributed by atoms with Gasteiger partial charge in [-0.2, -0.15) is 0 Å². The Morgan fingerprint density at radius 1 is 1.45 bits per heavy atom. The van der Waals surface area contributed by atoms with E-state index >= 15 is 0 Å². The zero-order chi connectivity index (χ0) is 14.4. The van der Waals surface area contributed by atoms with Gasteiger partial charge in [-0.1, -0.05) is 12.1 Å². The third-order valence-electron chi connectivity index (χ3n) is 2.67. The number of ether oxygens (including phenoxy) is 1. The van der Waals surface area contributed by atoms with E-state index in [1.54, 1.807) is 7.11 Å². The lowest BCUT2D eigenvalue weighted by Crippen LogP contribution is -2.30. The minimum Gasteiger partial charge on any atom is -0.497 e. The van der Waals surface area contributed by atoms with E-state index in [4.69, 9.17) is 4.74 Å². The summed E-state index contributed by atoms with van der Waals surface area (Å²) in [5.74, 6) is 0.824. The third-order valence-corrected chi connectivity index (χ3v) is 3.55. The molecule has 0 unspecified atom stereocenters. The number of carbonyl (C=O) groups excluding carboxylic acids is 1. The third kappa shape index (κ3) is 4.24. The first-order chi connectivity index (χ1) is 9.67. The minimum atomic E-state index is -0.234. The molecule has 0 aliphatic heterocycles. The first-order valence-electron chi connectivity index (χ1n) is 6.27. The number of thiazole rings is 1. The molecule has 0 aliphatic rings. The van der Waals surface area contributed by atoms with Gasteiger partial charge in [-0.3, -0.25) is 5.32 Å². The predicted octanol–water partition coefficient (Wildman–Crippen LogP) is 2.82. The van der Waals surface area contributed by atoms with Gasteiger partial charge < -0.3 is 10.1 Å². The maximum absolute atomic E-state index is 11.7. The zero-order valence-corrected chi connectivity index (χ0v) is 12.3. The van der Waals surface area contributed by atoms with Crippen LogP contribution < -0.4 is 15.4 Å².